The van der Waals surface area contributed by atoms with Gasteiger partial charge in [-0.3, -0.25) is 4.79 Å². The first-order valence-corrected chi connectivity index (χ1v) is 7.50. The molecule has 0 saturated carbocycles. The second kappa shape index (κ2) is 7.91. The Morgan fingerprint density at radius 3 is 2.43 bits per heavy atom. The van der Waals surface area contributed by atoms with Crippen LogP contribution in [0.1, 0.15) is 45.1 Å². The Balaban J connectivity index is 2.56. The molecular weight excluding hydrogens is 268 g/mol. The van der Waals surface area contributed by atoms with Gasteiger partial charge in [0, 0.05) is 0 Å². The predicted molar refractivity (Wildman–Crippen MR) is 83.1 cm³/mol. The molecule has 1 rings (SSSR count). The minimum absolute atomic E-state index is 0.494. The molecule has 0 spiro atoms. The zero-order valence-electron chi connectivity index (χ0n) is 13.4. The standard InChI is InChI=1S/C17H26O4/c1-5-17(6-2,16(18)19)10-7-11-21-14-9-8-13(3)12-15(14)20-4/h8-9,12H,5-7,10-11H2,1-4H3,(H,18,19). The Hall–Kier alpha value is -1.71. The molecule has 0 saturated heterocycles. The van der Waals surface area contributed by atoms with Gasteiger partial charge < -0.3 is 14.6 Å². The van der Waals surface area contributed by atoms with E-state index in [9.17, 15) is 9.90 Å². The van der Waals surface area contributed by atoms with Crippen LogP contribution in [0.4, 0.5) is 0 Å². The van der Waals surface area contributed by atoms with Crippen LogP contribution in [0.2, 0.25) is 0 Å². The zero-order chi connectivity index (χ0) is 15.9. The van der Waals surface area contributed by atoms with Crippen LogP contribution in [0.25, 0.3) is 0 Å². The largest absolute Gasteiger partial charge is 0.493 e. The van der Waals surface area contributed by atoms with Crippen molar-refractivity contribution in [1.82, 2.24) is 0 Å². The van der Waals surface area contributed by atoms with Crippen LogP contribution in [-0.2, 0) is 4.79 Å². The Morgan fingerprint density at radius 1 is 1.24 bits per heavy atom. The van der Waals surface area contributed by atoms with Crippen LogP contribution in [0.15, 0.2) is 18.2 Å². The summed E-state index contributed by atoms with van der Waals surface area (Å²) in [5.74, 6) is 0.711. The van der Waals surface area contributed by atoms with Gasteiger partial charge in [0.05, 0.1) is 19.1 Å². The molecule has 4 nitrogen and oxygen atoms in total. The smallest absolute Gasteiger partial charge is 0.309 e. The number of rotatable bonds is 9. The maximum Gasteiger partial charge on any atom is 0.309 e. The van der Waals surface area contributed by atoms with Gasteiger partial charge in [-0.05, 0) is 50.3 Å². The highest BCUT2D eigenvalue weighted by molar-refractivity contribution is 5.74. The number of hydrogen-bond acceptors (Lipinski definition) is 3. The van der Waals surface area contributed by atoms with Gasteiger partial charge >= 0.3 is 5.97 Å². The molecule has 4 heteroatoms. The topological polar surface area (TPSA) is 55.8 Å². The van der Waals surface area contributed by atoms with Gasteiger partial charge in [0.1, 0.15) is 0 Å². The summed E-state index contributed by atoms with van der Waals surface area (Å²) in [7, 11) is 1.62. The normalized spacial score (nSPS) is 11.2. The highest BCUT2D eigenvalue weighted by atomic mass is 16.5. The van der Waals surface area contributed by atoms with Crippen LogP contribution in [0.3, 0.4) is 0 Å². The minimum Gasteiger partial charge on any atom is -0.493 e. The van der Waals surface area contributed by atoms with Crippen LogP contribution in [0, 0.1) is 12.3 Å². The molecule has 0 unspecified atom stereocenters. The summed E-state index contributed by atoms with van der Waals surface area (Å²) < 4.78 is 11.0. The molecule has 0 radical (unpaired) electrons. The molecule has 0 atom stereocenters. The molecule has 118 valence electrons. The molecule has 1 N–H and O–H groups in total. The Labute approximate surface area is 127 Å². The average molecular weight is 294 g/mol. The minimum atomic E-state index is -0.708. The number of carboxylic acids is 1. The van der Waals surface area contributed by atoms with E-state index in [-0.39, 0.29) is 0 Å². The van der Waals surface area contributed by atoms with Gasteiger partial charge in [0.2, 0.25) is 0 Å². The molecular formula is C17H26O4. The second-order valence-corrected chi connectivity index (χ2v) is 5.40. The molecule has 0 aliphatic heterocycles. The molecule has 0 aliphatic carbocycles. The van der Waals surface area contributed by atoms with Gasteiger partial charge in [0.25, 0.3) is 0 Å². The van der Waals surface area contributed by atoms with Gasteiger partial charge in [0.15, 0.2) is 11.5 Å². The summed E-state index contributed by atoms with van der Waals surface area (Å²) in [4.78, 5) is 11.4. The summed E-state index contributed by atoms with van der Waals surface area (Å²) in [6, 6.07) is 5.78. The number of benzene rings is 1. The highest BCUT2D eigenvalue weighted by Gasteiger charge is 2.33. The molecule has 0 fully saturated rings. The molecule has 21 heavy (non-hydrogen) atoms. The number of carbonyl (C=O) groups is 1. The lowest BCUT2D eigenvalue weighted by atomic mass is 9.78. The van der Waals surface area contributed by atoms with Crippen LogP contribution in [0.5, 0.6) is 11.5 Å². The van der Waals surface area contributed by atoms with Crippen molar-refractivity contribution in [3.63, 3.8) is 0 Å². The lowest BCUT2D eigenvalue weighted by Crippen LogP contribution is -2.30. The van der Waals surface area contributed by atoms with Crippen LogP contribution < -0.4 is 9.47 Å². The first kappa shape index (κ1) is 17.3. The average Bonchev–Trinajstić information content (AvgIpc) is 2.48. The fourth-order valence-electron chi connectivity index (χ4n) is 2.50. The predicted octanol–water partition coefficient (Wildman–Crippen LogP) is 4.05. The van der Waals surface area contributed by atoms with Crippen LogP contribution >= 0.6 is 0 Å². The van der Waals surface area contributed by atoms with E-state index in [4.69, 9.17) is 9.47 Å². The van der Waals surface area contributed by atoms with Crippen molar-refractivity contribution in [3.05, 3.63) is 23.8 Å². The number of methoxy groups -OCH3 is 1. The fraction of sp³-hybridized carbons (Fsp3) is 0.588. The Kier molecular flexibility index (Phi) is 6.53. The van der Waals surface area contributed by atoms with Gasteiger partial charge in [-0.15, -0.1) is 0 Å². The van der Waals surface area contributed by atoms with E-state index in [0.717, 1.165) is 5.56 Å². The van der Waals surface area contributed by atoms with Gasteiger partial charge in [-0.2, -0.15) is 0 Å². The number of ether oxygens (including phenoxy) is 2. The number of carboxylic acid groups (broad SMARTS) is 1. The van der Waals surface area contributed by atoms with E-state index >= 15 is 0 Å². The van der Waals surface area contributed by atoms with E-state index in [0.29, 0.717) is 43.8 Å². The molecule has 1 aromatic carbocycles. The van der Waals surface area contributed by atoms with Crippen molar-refractivity contribution in [2.75, 3.05) is 13.7 Å². The monoisotopic (exact) mass is 294 g/mol. The summed E-state index contributed by atoms with van der Waals surface area (Å²) in [5, 5.41) is 9.39. The van der Waals surface area contributed by atoms with Crippen LogP contribution in [-0.4, -0.2) is 24.8 Å². The van der Waals surface area contributed by atoms with Crippen molar-refractivity contribution in [3.8, 4) is 11.5 Å². The van der Waals surface area contributed by atoms with Crippen molar-refractivity contribution < 1.29 is 19.4 Å². The third-order valence-corrected chi connectivity index (χ3v) is 4.18. The van der Waals surface area contributed by atoms with Crippen molar-refractivity contribution in [2.24, 2.45) is 5.41 Å². The first-order chi connectivity index (χ1) is 9.99. The molecule has 0 aliphatic rings. The van der Waals surface area contributed by atoms with Gasteiger partial charge in [-0.1, -0.05) is 19.9 Å². The maximum absolute atomic E-state index is 11.4. The lowest BCUT2D eigenvalue weighted by Gasteiger charge is -2.26. The summed E-state index contributed by atoms with van der Waals surface area (Å²) in [5.41, 5.74) is 0.488. The Bertz CT molecular complexity index is 464. The van der Waals surface area contributed by atoms with E-state index < -0.39 is 11.4 Å². The summed E-state index contributed by atoms with van der Waals surface area (Å²) in [6.45, 7) is 6.35. The molecule has 0 aromatic heterocycles. The molecule has 0 amide bonds. The van der Waals surface area contributed by atoms with Gasteiger partial charge in [-0.25, -0.2) is 0 Å². The fourth-order valence-corrected chi connectivity index (χ4v) is 2.50. The van der Waals surface area contributed by atoms with E-state index in [1.54, 1.807) is 7.11 Å². The molecule has 0 bridgehead atoms. The Morgan fingerprint density at radius 2 is 1.90 bits per heavy atom. The van der Waals surface area contributed by atoms with Crippen molar-refractivity contribution in [1.29, 1.82) is 0 Å². The highest BCUT2D eigenvalue weighted by Crippen LogP contribution is 2.33. The van der Waals surface area contributed by atoms with Crippen molar-refractivity contribution in [2.45, 2.75) is 46.5 Å². The second-order valence-electron chi connectivity index (χ2n) is 5.40. The quantitative estimate of drug-likeness (QED) is 0.698. The number of aryl methyl sites for hydroxylation is 1. The zero-order valence-corrected chi connectivity index (χ0v) is 13.4. The number of hydrogen-bond donors (Lipinski definition) is 1. The first-order valence-electron chi connectivity index (χ1n) is 7.50. The van der Waals surface area contributed by atoms with E-state index in [1.807, 2.05) is 39.0 Å². The SMILES string of the molecule is CCC(CC)(CCCOc1ccc(C)cc1OC)C(=O)O. The third-order valence-electron chi connectivity index (χ3n) is 4.18. The van der Waals surface area contributed by atoms with E-state index in [2.05, 4.69) is 0 Å². The van der Waals surface area contributed by atoms with Crippen molar-refractivity contribution >= 4 is 5.97 Å². The molecule has 0 heterocycles. The van der Waals surface area contributed by atoms with E-state index in [1.165, 1.54) is 0 Å². The number of aliphatic carboxylic acids is 1. The molecule has 1 aromatic rings. The maximum atomic E-state index is 11.4. The lowest BCUT2D eigenvalue weighted by molar-refractivity contribution is -0.150. The summed E-state index contributed by atoms with van der Waals surface area (Å²) >= 11 is 0. The summed E-state index contributed by atoms with van der Waals surface area (Å²) in [6.07, 6.45) is 2.63. The third kappa shape index (κ3) is 4.38.